The molecule has 7 nitrogen and oxygen atoms in total. The third-order valence-electron chi connectivity index (χ3n) is 2.65. The first kappa shape index (κ1) is 12.4. The van der Waals surface area contributed by atoms with Gasteiger partial charge in [-0.05, 0) is 17.7 Å². The van der Waals surface area contributed by atoms with E-state index in [2.05, 4.69) is 10.0 Å². The number of anilines is 1. The molecule has 0 aliphatic carbocycles. The quantitative estimate of drug-likeness (QED) is 0.455. The van der Waals surface area contributed by atoms with Gasteiger partial charge in [0.15, 0.2) is 9.84 Å². The minimum absolute atomic E-state index is 0.0825. The fourth-order valence-corrected chi connectivity index (χ4v) is 3.25. The highest BCUT2D eigenvalue weighted by atomic mass is 32.2. The molecule has 0 atom stereocenters. The van der Waals surface area contributed by atoms with E-state index in [4.69, 9.17) is 5.53 Å². The first-order valence-electron chi connectivity index (χ1n) is 5.19. The lowest BCUT2D eigenvalue weighted by Gasteiger charge is -2.28. The Labute approximate surface area is 104 Å². The number of hydrogen-bond donors (Lipinski definition) is 0. The van der Waals surface area contributed by atoms with E-state index >= 15 is 0 Å². The summed E-state index contributed by atoms with van der Waals surface area (Å²) in [5.74, 6) is -0.526. The number of benzene rings is 1. The number of amides is 1. The number of carbonyl (C=O) groups excluding carboxylic acids is 1. The van der Waals surface area contributed by atoms with Crippen LogP contribution in [0.5, 0.6) is 0 Å². The Kier molecular flexibility index (Phi) is 3.22. The van der Waals surface area contributed by atoms with Crippen LogP contribution in [0.4, 0.5) is 5.69 Å². The zero-order valence-electron chi connectivity index (χ0n) is 9.35. The molecule has 0 radical (unpaired) electrons. The predicted molar refractivity (Wildman–Crippen MR) is 64.9 cm³/mol. The fourth-order valence-electron chi connectivity index (χ4n) is 1.82. The van der Waals surface area contributed by atoms with Crippen LogP contribution in [0.25, 0.3) is 10.4 Å². The van der Waals surface area contributed by atoms with Gasteiger partial charge >= 0.3 is 0 Å². The number of fused-ring (bicyclic) bond motifs is 1. The molecule has 94 valence electrons. The van der Waals surface area contributed by atoms with Crippen LogP contribution in [0, 0.1) is 0 Å². The van der Waals surface area contributed by atoms with Crippen LogP contribution in [-0.2, 0) is 14.6 Å². The van der Waals surface area contributed by atoms with Crippen LogP contribution in [0.3, 0.4) is 0 Å². The van der Waals surface area contributed by atoms with E-state index in [9.17, 15) is 13.2 Å². The highest BCUT2D eigenvalue weighted by molar-refractivity contribution is 7.91. The van der Waals surface area contributed by atoms with Gasteiger partial charge in [0.2, 0.25) is 5.91 Å². The number of nitrogens with zero attached hydrogens (tertiary/aromatic N) is 4. The van der Waals surface area contributed by atoms with Crippen molar-refractivity contribution in [1.82, 2.24) is 0 Å². The minimum atomic E-state index is -3.33. The molecule has 1 amide bonds. The van der Waals surface area contributed by atoms with Crippen LogP contribution >= 0.6 is 0 Å². The molecular weight excluding hydrogens is 256 g/mol. The molecule has 1 aromatic rings. The second-order valence-electron chi connectivity index (χ2n) is 3.72. The standard InChI is InChI=1S/C10H10N4O3S/c11-13-12-7-10(15)14-5-6-18(16,17)9-4-2-1-3-8(9)14/h1-4H,5-7H2. The molecule has 1 aliphatic heterocycles. The van der Waals surface area contributed by atoms with E-state index in [1.165, 1.54) is 11.0 Å². The maximum atomic E-state index is 11.8. The van der Waals surface area contributed by atoms with Crippen LogP contribution in [0.1, 0.15) is 0 Å². The average Bonchev–Trinajstić information content (AvgIpc) is 2.36. The summed E-state index contributed by atoms with van der Waals surface area (Å²) in [5.41, 5.74) is 8.53. The van der Waals surface area contributed by atoms with Crippen molar-refractivity contribution < 1.29 is 13.2 Å². The second-order valence-corrected chi connectivity index (χ2v) is 5.80. The molecule has 1 aliphatic rings. The smallest absolute Gasteiger partial charge is 0.232 e. The third-order valence-corrected chi connectivity index (χ3v) is 4.38. The lowest BCUT2D eigenvalue weighted by Crippen LogP contribution is -2.40. The SMILES string of the molecule is [N-]=[N+]=NCC(=O)N1CCS(=O)(=O)c2ccccc21. The molecule has 1 aromatic carbocycles. The second kappa shape index (κ2) is 4.67. The van der Waals surface area contributed by atoms with Gasteiger partial charge in [0.1, 0.15) is 6.54 Å². The molecule has 2 rings (SSSR count). The summed E-state index contributed by atoms with van der Waals surface area (Å²) in [6, 6.07) is 6.31. The first-order valence-corrected chi connectivity index (χ1v) is 6.84. The Morgan fingerprint density at radius 2 is 2.17 bits per heavy atom. The van der Waals surface area contributed by atoms with Crippen molar-refractivity contribution in [2.75, 3.05) is 23.7 Å². The Balaban J connectivity index is 2.43. The highest BCUT2D eigenvalue weighted by Gasteiger charge is 2.30. The molecular formula is C10H10N4O3S. The van der Waals surface area contributed by atoms with Crippen molar-refractivity contribution in [3.8, 4) is 0 Å². The first-order chi connectivity index (χ1) is 8.56. The summed E-state index contributed by atoms with van der Waals surface area (Å²) in [4.78, 5) is 15.8. The normalized spacial score (nSPS) is 16.6. The maximum absolute atomic E-state index is 11.8. The molecule has 0 N–H and O–H groups in total. The largest absolute Gasteiger partial charge is 0.310 e. The Bertz CT molecular complexity index is 634. The lowest BCUT2D eigenvalue weighted by atomic mass is 10.2. The van der Waals surface area contributed by atoms with Gasteiger partial charge in [-0.3, -0.25) is 4.79 Å². The van der Waals surface area contributed by atoms with Gasteiger partial charge in [-0.15, -0.1) is 0 Å². The van der Waals surface area contributed by atoms with Gasteiger partial charge in [-0.25, -0.2) is 8.42 Å². The lowest BCUT2D eigenvalue weighted by molar-refractivity contribution is -0.117. The van der Waals surface area contributed by atoms with Gasteiger partial charge in [0, 0.05) is 11.5 Å². The van der Waals surface area contributed by atoms with Gasteiger partial charge in [0.25, 0.3) is 0 Å². The average molecular weight is 266 g/mol. The molecule has 1 heterocycles. The van der Waals surface area contributed by atoms with Crippen molar-refractivity contribution in [2.45, 2.75) is 4.90 Å². The molecule has 0 fully saturated rings. The summed E-state index contributed by atoms with van der Waals surface area (Å²) < 4.78 is 23.7. The Hall–Kier alpha value is -2.05. The van der Waals surface area contributed by atoms with Crippen molar-refractivity contribution in [3.05, 3.63) is 34.7 Å². The van der Waals surface area contributed by atoms with Crippen LogP contribution in [0.2, 0.25) is 0 Å². The molecule has 0 saturated heterocycles. The van der Waals surface area contributed by atoms with Crippen molar-refractivity contribution in [3.63, 3.8) is 0 Å². The number of sulfone groups is 1. The van der Waals surface area contributed by atoms with E-state index < -0.39 is 15.7 Å². The van der Waals surface area contributed by atoms with Crippen molar-refractivity contribution >= 4 is 21.4 Å². The summed E-state index contributed by atoms with van der Waals surface area (Å²) >= 11 is 0. The molecule has 0 spiro atoms. The Morgan fingerprint density at radius 1 is 1.44 bits per heavy atom. The summed E-state index contributed by atoms with van der Waals surface area (Å²) in [5, 5.41) is 3.20. The Morgan fingerprint density at radius 3 is 2.89 bits per heavy atom. The summed E-state index contributed by atoms with van der Waals surface area (Å²) in [6.07, 6.45) is 0. The third kappa shape index (κ3) is 2.15. The van der Waals surface area contributed by atoms with E-state index in [1.807, 2.05) is 0 Å². The topological polar surface area (TPSA) is 103 Å². The number of para-hydroxylation sites is 1. The van der Waals surface area contributed by atoms with Crippen LogP contribution < -0.4 is 4.90 Å². The van der Waals surface area contributed by atoms with Crippen LogP contribution in [0.15, 0.2) is 34.3 Å². The van der Waals surface area contributed by atoms with Gasteiger partial charge < -0.3 is 4.90 Å². The van der Waals surface area contributed by atoms with Gasteiger partial charge in [-0.2, -0.15) is 0 Å². The monoisotopic (exact) mass is 266 g/mol. The van der Waals surface area contributed by atoms with Gasteiger partial charge in [-0.1, -0.05) is 17.2 Å². The van der Waals surface area contributed by atoms with E-state index in [0.717, 1.165) is 0 Å². The number of hydrogen-bond acceptors (Lipinski definition) is 4. The van der Waals surface area contributed by atoms with E-state index in [0.29, 0.717) is 5.69 Å². The molecule has 0 unspecified atom stereocenters. The highest BCUT2D eigenvalue weighted by Crippen LogP contribution is 2.30. The molecule has 0 saturated carbocycles. The zero-order valence-corrected chi connectivity index (χ0v) is 10.2. The molecule has 0 aromatic heterocycles. The van der Waals surface area contributed by atoms with E-state index in [-0.39, 0.29) is 23.7 Å². The predicted octanol–water partition coefficient (Wildman–Crippen LogP) is 1.12. The summed E-state index contributed by atoms with van der Waals surface area (Å²) in [7, 11) is -3.33. The zero-order chi connectivity index (χ0) is 13.2. The number of azide groups is 1. The van der Waals surface area contributed by atoms with Crippen molar-refractivity contribution in [1.29, 1.82) is 0 Å². The fraction of sp³-hybridized carbons (Fsp3) is 0.300. The minimum Gasteiger partial charge on any atom is -0.310 e. The van der Waals surface area contributed by atoms with Gasteiger partial charge in [0.05, 0.1) is 16.3 Å². The maximum Gasteiger partial charge on any atom is 0.232 e. The molecule has 0 bridgehead atoms. The number of carbonyl (C=O) groups is 1. The van der Waals surface area contributed by atoms with Crippen molar-refractivity contribution in [2.24, 2.45) is 5.11 Å². The molecule has 18 heavy (non-hydrogen) atoms. The number of rotatable bonds is 2. The molecule has 8 heteroatoms. The van der Waals surface area contributed by atoms with Crippen LogP contribution in [-0.4, -0.2) is 33.2 Å². The van der Waals surface area contributed by atoms with E-state index in [1.54, 1.807) is 18.2 Å². The summed E-state index contributed by atoms with van der Waals surface area (Å²) in [6.45, 7) is -0.232.